The van der Waals surface area contributed by atoms with E-state index in [9.17, 15) is 9.59 Å². The zero-order valence-corrected chi connectivity index (χ0v) is 14.2. The molecule has 0 spiro atoms. The maximum absolute atomic E-state index is 13.1. The van der Waals surface area contributed by atoms with Gasteiger partial charge in [0.2, 0.25) is 0 Å². The molecule has 0 unspecified atom stereocenters. The van der Waals surface area contributed by atoms with E-state index in [2.05, 4.69) is 10.3 Å². The lowest BCUT2D eigenvalue weighted by atomic mass is 10.2. The van der Waals surface area contributed by atoms with Crippen molar-refractivity contribution in [2.75, 3.05) is 6.54 Å². The highest BCUT2D eigenvalue weighted by Crippen LogP contribution is 2.20. The number of amides is 1. The van der Waals surface area contributed by atoms with E-state index in [1.54, 1.807) is 42.5 Å². The molecular formula is C18H13ClN4O3. The standard InChI is InChI=1S/C18H13ClN4O3/c19-13-5-2-6-14-16(13)17(24)23(12-4-1-3-11(9-12)10-20)15(22-14)7-8-21-18(25)26/h1-6,9,21H,7-8H2,(H,25,26). The zero-order valence-electron chi connectivity index (χ0n) is 13.4. The van der Waals surface area contributed by atoms with Crippen LogP contribution in [0.25, 0.3) is 16.6 Å². The molecule has 0 saturated heterocycles. The van der Waals surface area contributed by atoms with Crippen molar-refractivity contribution in [1.29, 1.82) is 5.26 Å². The molecule has 0 bridgehead atoms. The number of nitriles is 1. The zero-order chi connectivity index (χ0) is 18.7. The van der Waals surface area contributed by atoms with Crippen LogP contribution in [0.1, 0.15) is 11.4 Å². The third kappa shape index (κ3) is 3.36. The van der Waals surface area contributed by atoms with Crippen LogP contribution >= 0.6 is 11.6 Å². The van der Waals surface area contributed by atoms with Crippen LogP contribution in [0.5, 0.6) is 0 Å². The molecule has 8 heteroatoms. The average Bonchev–Trinajstić information content (AvgIpc) is 2.61. The van der Waals surface area contributed by atoms with Crippen molar-refractivity contribution >= 4 is 28.6 Å². The van der Waals surface area contributed by atoms with Crippen LogP contribution in [0.4, 0.5) is 4.79 Å². The van der Waals surface area contributed by atoms with Gasteiger partial charge in [-0.1, -0.05) is 23.7 Å². The number of nitrogens with zero attached hydrogens (tertiary/aromatic N) is 3. The van der Waals surface area contributed by atoms with Crippen LogP contribution in [0, 0.1) is 11.3 Å². The Morgan fingerprint density at radius 2 is 2.08 bits per heavy atom. The summed E-state index contributed by atoms with van der Waals surface area (Å²) in [6, 6.07) is 13.5. The number of hydrogen-bond acceptors (Lipinski definition) is 4. The summed E-state index contributed by atoms with van der Waals surface area (Å²) in [6.07, 6.45) is -0.963. The minimum Gasteiger partial charge on any atom is -0.465 e. The van der Waals surface area contributed by atoms with Crippen molar-refractivity contribution in [3.05, 3.63) is 69.2 Å². The summed E-state index contributed by atoms with van der Waals surface area (Å²) < 4.78 is 1.36. The van der Waals surface area contributed by atoms with Crippen molar-refractivity contribution < 1.29 is 9.90 Å². The molecule has 7 nitrogen and oxygen atoms in total. The Hall–Kier alpha value is -3.37. The highest BCUT2D eigenvalue weighted by molar-refractivity contribution is 6.35. The lowest BCUT2D eigenvalue weighted by molar-refractivity contribution is 0.194. The summed E-state index contributed by atoms with van der Waals surface area (Å²) in [7, 11) is 0. The van der Waals surface area contributed by atoms with Gasteiger partial charge >= 0.3 is 6.09 Å². The first kappa shape index (κ1) is 17.5. The predicted molar refractivity (Wildman–Crippen MR) is 96.8 cm³/mol. The fourth-order valence-corrected chi connectivity index (χ4v) is 2.92. The highest BCUT2D eigenvalue weighted by atomic mass is 35.5. The lowest BCUT2D eigenvalue weighted by Gasteiger charge is -2.14. The molecule has 130 valence electrons. The number of rotatable bonds is 4. The Morgan fingerprint density at radius 3 is 2.81 bits per heavy atom. The molecule has 3 aromatic rings. The molecule has 0 aliphatic carbocycles. The van der Waals surface area contributed by atoms with Gasteiger partial charge in [0.1, 0.15) is 5.82 Å². The first-order valence-electron chi connectivity index (χ1n) is 7.68. The van der Waals surface area contributed by atoms with Gasteiger partial charge in [-0.15, -0.1) is 0 Å². The summed E-state index contributed by atoms with van der Waals surface area (Å²) in [5, 5.41) is 20.7. The second kappa shape index (κ2) is 7.25. The van der Waals surface area contributed by atoms with E-state index in [1.807, 2.05) is 6.07 Å². The molecule has 1 heterocycles. The predicted octanol–water partition coefficient (Wildman–Crippen LogP) is 2.72. The van der Waals surface area contributed by atoms with Crippen LogP contribution < -0.4 is 10.9 Å². The SMILES string of the molecule is N#Cc1cccc(-n2c(CCNC(=O)O)nc3cccc(Cl)c3c2=O)c1. The molecule has 1 aromatic heterocycles. The van der Waals surface area contributed by atoms with E-state index in [1.165, 1.54) is 4.57 Å². The lowest BCUT2D eigenvalue weighted by Crippen LogP contribution is -2.29. The molecule has 0 atom stereocenters. The number of nitrogens with one attached hydrogen (secondary N) is 1. The summed E-state index contributed by atoms with van der Waals surface area (Å²) >= 11 is 6.18. The smallest absolute Gasteiger partial charge is 0.404 e. The Balaban J connectivity index is 2.24. The molecule has 0 aliphatic heterocycles. The van der Waals surface area contributed by atoms with Crippen LogP contribution in [0.2, 0.25) is 5.02 Å². The number of carboxylic acid groups (broad SMARTS) is 1. The van der Waals surface area contributed by atoms with E-state index in [0.717, 1.165) is 0 Å². The Bertz CT molecular complexity index is 1100. The molecule has 0 fully saturated rings. The second-order valence-corrected chi connectivity index (χ2v) is 5.85. The minimum absolute atomic E-state index is 0.0891. The first-order valence-corrected chi connectivity index (χ1v) is 8.06. The van der Waals surface area contributed by atoms with Gasteiger partial charge in [0.15, 0.2) is 0 Å². The Morgan fingerprint density at radius 1 is 1.31 bits per heavy atom. The maximum Gasteiger partial charge on any atom is 0.404 e. The van der Waals surface area contributed by atoms with Crippen molar-refractivity contribution in [2.45, 2.75) is 6.42 Å². The summed E-state index contributed by atoms with van der Waals surface area (Å²) in [6.45, 7) is 0.0891. The molecule has 26 heavy (non-hydrogen) atoms. The van der Waals surface area contributed by atoms with E-state index in [0.29, 0.717) is 22.6 Å². The van der Waals surface area contributed by atoms with Gasteiger partial charge in [-0.3, -0.25) is 9.36 Å². The maximum atomic E-state index is 13.1. The van der Waals surface area contributed by atoms with E-state index in [-0.39, 0.29) is 28.9 Å². The van der Waals surface area contributed by atoms with E-state index >= 15 is 0 Å². The molecule has 0 radical (unpaired) electrons. The van der Waals surface area contributed by atoms with Gasteiger partial charge in [0, 0.05) is 13.0 Å². The molecule has 1 amide bonds. The number of halogens is 1. The number of hydrogen-bond donors (Lipinski definition) is 2. The third-order valence-electron chi connectivity index (χ3n) is 3.77. The quantitative estimate of drug-likeness (QED) is 0.736. The van der Waals surface area contributed by atoms with Crippen molar-refractivity contribution in [1.82, 2.24) is 14.9 Å². The molecule has 0 aliphatic rings. The van der Waals surface area contributed by atoms with Gasteiger partial charge in [-0.25, -0.2) is 9.78 Å². The molecule has 2 N–H and O–H groups in total. The van der Waals surface area contributed by atoms with Gasteiger partial charge < -0.3 is 10.4 Å². The van der Waals surface area contributed by atoms with Gasteiger partial charge in [-0.2, -0.15) is 5.26 Å². The normalized spacial score (nSPS) is 10.5. The fourth-order valence-electron chi connectivity index (χ4n) is 2.67. The topological polar surface area (TPSA) is 108 Å². The summed E-state index contributed by atoms with van der Waals surface area (Å²) in [5.41, 5.74) is 0.915. The van der Waals surface area contributed by atoms with Crippen LogP contribution in [-0.2, 0) is 6.42 Å². The van der Waals surface area contributed by atoms with Crippen molar-refractivity contribution in [2.24, 2.45) is 0 Å². The molecular weight excluding hydrogens is 356 g/mol. The van der Waals surface area contributed by atoms with E-state index in [4.69, 9.17) is 22.0 Å². The minimum atomic E-state index is -1.16. The number of benzene rings is 2. The molecule has 0 saturated carbocycles. The van der Waals surface area contributed by atoms with Crippen LogP contribution in [-0.4, -0.2) is 27.3 Å². The van der Waals surface area contributed by atoms with Crippen molar-refractivity contribution in [3.63, 3.8) is 0 Å². The number of aromatic nitrogens is 2. The summed E-state index contributed by atoms with van der Waals surface area (Å²) in [5.74, 6) is 0.369. The van der Waals surface area contributed by atoms with E-state index < -0.39 is 6.09 Å². The van der Waals surface area contributed by atoms with Crippen LogP contribution in [0.3, 0.4) is 0 Å². The Kier molecular flexibility index (Phi) is 4.87. The summed E-state index contributed by atoms with van der Waals surface area (Å²) in [4.78, 5) is 28.3. The largest absolute Gasteiger partial charge is 0.465 e. The Labute approximate surface area is 153 Å². The average molecular weight is 369 g/mol. The monoisotopic (exact) mass is 368 g/mol. The highest BCUT2D eigenvalue weighted by Gasteiger charge is 2.15. The first-order chi connectivity index (χ1) is 12.5. The number of fused-ring (bicyclic) bond motifs is 1. The van der Waals surface area contributed by atoms with Gasteiger partial charge in [0.25, 0.3) is 5.56 Å². The third-order valence-corrected chi connectivity index (χ3v) is 4.09. The molecule has 3 rings (SSSR count). The second-order valence-electron chi connectivity index (χ2n) is 5.45. The van der Waals surface area contributed by atoms with Crippen LogP contribution in [0.15, 0.2) is 47.3 Å². The van der Waals surface area contributed by atoms with Gasteiger partial charge in [-0.05, 0) is 30.3 Å². The molecule has 2 aromatic carbocycles. The fraction of sp³-hybridized carbons (Fsp3) is 0.111. The van der Waals surface area contributed by atoms with Crippen molar-refractivity contribution in [3.8, 4) is 11.8 Å². The van der Waals surface area contributed by atoms with Gasteiger partial charge in [0.05, 0.1) is 33.2 Å². The number of carbonyl (C=O) groups is 1.